The Balaban J connectivity index is 2.52. The molecular formula is C21H31NO3. The van der Waals surface area contributed by atoms with Crippen molar-refractivity contribution < 1.29 is 14.7 Å². The zero-order valence-corrected chi connectivity index (χ0v) is 16.6. The minimum absolute atomic E-state index is 0.0652. The van der Waals surface area contributed by atoms with Crippen LogP contribution in [0.2, 0.25) is 0 Å². The summed E-state index contributed by atoms with van der Waals surface area (Å²) in [7, 11) is 0. The predicted molar refractivity (Wildman–Crippen MR) is 101 cm³/mol. The number of rotatable bonds is 3. The molecule has 0 saturated carbocycles. The molecule has 4 nitrogen and oxygen atoms in total. The highest BCUT2D eigenvalue weighted by Gasteiger charge is 2.29. The van der Waals surface area contributed by atoms with Gasteiger partial charge in [0.05, 0.1) is 0 Å². The van der Waals surface area contributed by atoms with Gasteiger partial charge in [-0.1, -0.05) is 48.5 Å². The lowest BCUT2D eigenvalue weighted by molar-refractivity contribution is -0.161. The monoisotopic (exact) mass is 345 g/mol. The molecular weight excluding hydrogens is 314 g/mol. The summed E-state index contributed by atoms with van der Waals surface area (Å²) in [5, 5.41) is 12.2. The van der Waals surface area contributed by atoms with Gasteiger partial charge >= 0.3 is 0 Å². The molecule has 1 aromatic carbocycles. The van der Waals surface area contributed by atoms with Gasteiger partial charge in [-0.3, -0.25) is 9.63 Å². The quantitative estimate of drug-likeness (QED) is 0.817. The van der Waals surface area contributed by atoms with Gasteiger partial charge in [0, 0.05) is 23.2 Å². The first-order valence-corrected chi connectivity index (χ1v) is 8.98. The first-order chi connectivity index (χ1) is 11.4. The van der Waals surface area contributed by atoms with Crippen LogP contribution in [0, 0.1) is 0 Å². The van der Waals surface area contributed by atoms with E-state index in [1.54, 1.807) is 0 Å². The summed E-state index contributed by atoms with van der Waals surface area (Å²) in [6, 6.07) is 3.96. The highest BCUT2D eigenvalue weighted by molar-refractivity contribution is 5.99. The summed E-state index contributed by atoms with van der Waals surface area (Å²) in [5.41, 5.74) is 2.98. The number of hydrogen-bond donors (Lipinski definition) is 1. The molecule has 0 unspecified atom stereocenters. The third kappa shape index (κ3) is 4.24. The lowest BCUT2D eigenvalue weighted by Crippen LogP contribution is -2.24. The van der Waals surface area contributed by atoms with Crippen molar-refractivity contribution >= 4 is 12.0 Å². The maximum Gasteiger partial charge on any atom is 0.275 e. The number of hydroxylamine groups is 2. The van der Waals surface area contributed by atoms with Crippen molar-refractivity contribution in [1.82, 2.24) is 5.06 Å². The van der Waals surface area contributed by atoms with Crippen molar-refractivity contribution in [2.24, 2.45) is 0 Å². The molecule has 0 radical (unpaired) electrons. The van der Waals surface area contributed by atoms with E-state index in [0.29, 0.717) is 24.5 Å². The van der Waals surface area contributed by atoms with Crippen molar-refractivity contribution in [1.29, 1.82) is 0 Å². The Morgan fingerprint density at radius 1 is 1.12 bits per heavy atom. The SMILES string of the molecule is CCCN1OC/C(=C\c2cc(C(C)(C)C)c(O)c(C(C)(C)C)c2)C1=O. The molecule has 1 amide bonds. The topological polar surface area (TPSA) is 49.8 Å². The molecule has 2 rings (SSSR count). The fourth-order valence-corrected chi connectivity index (χ4v) is 2.99. The molecule has 0 aromatic heterocycles. The second-order valence-corrected chi connectivity index (χ2v) is 8.81. The average molecular weight is 345 g/mol. The maximum absolute atomic E-state index is 12.4. The van der Waals surface area contributed by atoms with Crippen molar-refractivity contribution in [2.45, 2.75) is 65.7 Å². The number of benzene rings is 1. The first kappa shape index (κ1) is 19.5. The number of amides is 1. The van der Waals surface area contributed by atoms with E-state index in [1.807, 2.05) is 25.1 Å². The van der Waals surface area contributed by atoms with Gasteiger partial charge < -0.3 is 5.11 Å². The van der Waals surface area contributed by atoms with Gasteiger partial charge in [0.25, 0.3) is 5.91 Å². The van der Waals surface area contributed by atoms with E-state index in [9.17, 15) is 9.90 Å². The van der Waals surface area contributed by atoms with Gasteiger partial charge in [0.2, 0.25) is 0 Å². The van der Waals surface area contributed by atoms with Crippen LogP contribution < -0.4 is 0 Å². The number of phenolic OH excluding ortho intramolecular Hbond substituents is 1. The molecule has 1 aliphatic rings. The van der Waals surface area contributed by atoms with E-state index in [4.69, 9.17) is 4.84 Å². The Hall–Kier alpha value is -1.81. The van der Waals surface area contributed by atoms with E-state index in [0.717, 1.165) is 23.1 Å². The second kappa shape index (κ2) is 6.83. The van der Waals surface area contributed by atoms with Crippen LogP contribution in [0.1, 0.15) is 71.6 Å². The second-order valence-electron chi connectivity index (χ2n) is 8.81. The fraction of sp³-hybridized carbons (Fsp3) is 0.571. The maximum atomic E-state index is 12.4. The largest absolute Gasteiger partial charge is 0.507 e. The Bertz CT molecular complexity index is 655. The minimum atomic E-state index is -0.191. The predicted octanol–water partition coefficient (Wildman–Crippen LogP) is 4.55. The molecule has 1 N–H and O–H groups in total. The van der Waals surface area contributed by atoms with Crippen molar-refractivity contribution in [3.05, 3.63) is 34.4 Å². The molecule has 1 heterocycles. The van der Waals surface area contributed by atoms with Crippen LogP contribution in [-0.4, -0.2) is 29.2 Å². The van der Waals surface area contributed by atoms with Crippen LogP contribution in [0.4, 0.5) is 0 Å². The molecule has 1 aliphatic heterocycles. The standard InChI is InChI=1S/C21H31NO3/c1-8-9-22-19(24)15(13-25-22)10-14-11-16(20(2,3)4)18(23)17(12-14)21(5,6)7/h10-12,23H,8-9,13H2,1-7H3/b15-10+. The number of carbonyl (C=O) groups excluding carboxylic acids is 1. The Kier molecular flexibility index (Phi) is 5.33. The summed E-state index contributed by atoms with van der Waals surface area (Å²) >= 11 is 0. The summed E-state index contributed by atoms with van der Waals surface area (Å²) in [5.74, 6) is 0.285. The Morgan fingerprint density at radius 3 is 2.08 bits per heavy atom. The normalized spacial score (nSPS) is 17.6. The van der Waals surface area contributed by atoms with Crippen LogP contribution in [0.5, 0.6) is 5.75 Å². The van der Waals surface area contributed by atoms with Gasteiger partial charge in [-0.15, -0.1) is 0 Å². The molecule has 0 aliphatic carbocycles. The van der Waals surface area contributed by atoms with Crippen molar-refractivity contribution in [3.8, 4) is 5.75 Å². The molecule has 0 atom stereocenters. The lowest BCUT2D eigenvalue weighted by Gasteiger charge is -2.28. The average Bonchev–Trinajstić information content (AvgIpc) is 2.80. The van der Waals surface area contributed by atoms with Crippen molar-refractivity contribution in [3.63, 3.8) is 0 Å². The molecule has 0 bridgehead atoms. The Labute approximate surface area is 151 Å². The van der Waals surface area contributed by atoms with Gasteiger partial charge in [-0.25, -0.2) is 5.06 Å². The number of aromatic hydroxyl groups is 1. The van der Waals surface area contributed by atoms with E-state index in [-0.39, 0.29) is 16.7 Å². The van der Waals surface area contributed by atoms with Gasteiger partial charge in [-0.05, 0) is 41.0 Å². The third-order valence-electron chi connectivity index (χ3n) is 4.39. The van der Waals surface area contributed by atoms with Crippen LogP contribution in [0.15, 0.2) is 17.7 Å². The molecule has 138 valence electrons. The highest BCUT2D eigenvalue weighted by Crippen LogP contribution is 2.40. The summed E-state index contributed by atoms with van der Waals surface area (Å²) in [6.45, 7) is 15.4. The van der Waals surface area contributed by atoms with Crippen molar-refractivity contribution in [2.75, 3.05) is 13.2 Å². The summed E-state index contributed by atoms with van der Waals surface area (Å²) in [4.78, 5) is 17.9. The lowest BCUT2D eigenvalue weighted by atomic mass is 9.78. The van der Waals surface area contributed by atoms with Gasteiger partial charge in [0.15, 0.2) is 0 Å². The van der Waals surface area contributed by atoms with E-state index >= 15 is 0 Å². The van der Waals surface area contributed by atoms with Gasteiger partial charge in [-0.2, -0.15) is 0 Å². The minimum Gasteiger partial charge on any atom is -0.507 e. The zero-order valence-electron chi connectivity index (χ0n) is 16.6. The zero-order chi connectivity index (χ0) is 19.0. The number of phenols is 1. The van der Waals surface area contributed by atoms with E-state index in [1.165, 1.54) is 5.06 Å². The summed E-state index contributed by atoms with van der Waals surface area (Å²) < 4.78 is 0. The summed E-state index contributed by atoms with van der Waals surface area (Å²) in [6.07, 6.45) is 2.75. The molecule has 4 heteroatoms. The van der Waals surface area contributed by atoms with Gasteiger partial charge in [0.1, 0.15) is 12.4 Å². The van der Waals surface area contributed by atoms with E-state index < -0.39 is 0 Å². The first-order valence-electron chi connectivity index (χ1n) is 8.98. The number of carbonyl (C=O) groups is 1. The molecule has 1 fully saturated rings. The third-order valence-corrected chi connectivity index (χ3v) is 4.39. The van der Waals surface area contributed by atoms with Crippen LogP contribution in [0.3, 0.4) is 0 Å². The van der Waals surface area contributed by atoms with Crippen LogP contribution >= 0.6 is 0 Å². The smallest absolute Gasteiger partial charge is 0.275 e. The fourth-order valence-electron chi connectivity index (χ4n) is 2.99. The molecule has 25 heavy (non-hydrogen) atoms. The molecule has 1 aromatic rings. The number of nitrogens with zero attached hydrogens (tertiary/aromatic N) is 1. The Morgan fingerprint density at radius 2 is 1.64 bits per heavy atom. The highest BCUT2D eigenvalue weighted by atomic mass is 16.7. The molecule has 1 saturated heterocycles. The number of hydrogen-bond acceptors (Lipinski definition) is 3. The molecule has 0 spiro atoms. The van der Waals surface area contributed by atoms with E-state index in [2.05, 4.69) is 41.5 Å². The van der Waals surface area contributed by atoms with Crippen LogP contribution in [-0.2, 0) is 20.5 Å². The van der Waals surface area contributed by atoms with Crippen LogP contribution in [0.25, 0.3) is 6.08 Å².